The van der Waals surface area contributed by atoms with Crippen LogP contribution in [-0.4, -0.2) is 33.1 Å². The maximum atomic E-state index is 4.44. The summed E-state index contributed by atoms with van der Waals surface area (Å²) >= 11 is 0. The topological polar surface area (TPSA) is 46.8 Å². The van der Waals surface area contributed by atoms with Crippen molar-refractivity contribution in [3.63, 3.8) is 0 Å². The van der Waals surface area contributed by atoms with Crippen LogP contribution in [0.15, 0.2) is 24.4 Å². The van der Waals surface area contributed by atoms with E-state index in [0.29, 0.717) is 6.04 Å². The van der Waals surface area contributed by atoms with Gasteiger partial charge in [-0.2, -0.15) is 5.10 Å². The van der Waals surface area contributed by atoms with Crippen LogP contribution in [0.2, 0.25) is 0 Å². The van der Waals surface area contributed by atoms with E-state index in [2.05, 4.69) is 46.2 Å². The maximum Gasteiger partial charge on any atom is 0.151 e. The quantitative estimate of drug-likeness (QED) is 0.868. The van der Waals surface area contributed by atoms with Crippen molar-refractivity contribution in [3.8, 4) is 11.4 Å². The summed E-state index contributed by atoms with van der Waals surface area (Å²) in [6, 6.07) is 6.46. The molecule has 0 radical (unpaired) electrons. The molecule has 0 bridgehead atoms. The minimum Gasteiger partial charge on any atom is -0.355 e. The number of hydrogen-bond acceptors (Lipinski definition) is 4. The molecule has 0 unspecified atom stereocenters. The van der Waals surface area contributed by atoms with Crippen molar-refractivity contribution in [1.82, 2.24) is 20.0 Å². The van der Waals surface area contributed by atoms with E-state index in [1.165, 1.54) is 25.7 Å². The molecule has 5 nitrogen and oxygen atoms in total. The van der Waals surface area contributed by atoms with Crippen LogP contribution in [-0.2, 0) is 0 Å². The zero-order valence-electron chi connectivity index (χ0n) is 12.9. The van der Waals surface area contributed by atoms with Crippen molar-refractivity contribution in [2.45, 2.75) is 45.6 Å². The van der Waals surface area contributed by atoms with Gasteiger partial charge in [-0.05, 0) is 44.9 Å². The Hall–Kier alpha value is -1.91. The van der Waals surface area contributed by atoms with E-state index in [-0.39, 0.29) is 0 Å². The fourth-order valence-corrected chi connectivity index (χ4v) is 2.86. The minimum atomic E-state index is 0.321. The largest absolute Gasteiger partial charge is 0.355 e. The molecule has 1 fully saturated rings. The molecule has 0 atom stereocenters. The molecule has 0 aliphatic carbocycles. The molecule has 0 spiro atoms. The molecule has 1 aliphatic heterocycles. The second-order valence-electron chi connectivity index (χ2n) is 5.93. The van der Waals surface area contributed by atoms with Crippen molar-refractivity contribution in [3.05, 3.63) is 24.4 Å². The molecular weight excluding hydrogens is 262 g/mol. The average Bonchev–Trinajstić information content (AvgIpc) is 2.83. The number of nitrogens with zero attached hydrogens (tertiary/aromatic N) is 5. The van der Waals surface area contributed by atoms with Crippen molar-refractivity contribution < 1.29 is 0 Å². The van der Waals surface area contributed by atoms with E-state index in [1.54, 1.807) is 0 Å². The number of aromatic nitrogens is 4. The summed E-state index contributed by atoms with van der Waals surface area (Å²) in [6.45, 7) is 6.43. The second kappa shape index (κ2) is 6.24. The third-order valence-electron chi connectivity index (χ3n) is 4.00. The highest BCUT2D eigenvalue weighted by Gasteiger charge is 2.13. The molecule has 1 saturated heterocycles. The summed E-state index contributed by atoms with van der Waals surface area (Å²) in [6.07, 6.45) is 6.98. The molecular formula is C16H23N5. The smallest absolute Gasteiger partial charge is 0.151 e. The summed E-state index contributed by atoms with van der Waals surface area (Å²) < 4.78 is 1.98. The molecule has 21 heavy (non-hydrogen) atoms. The van der Waals surface area contributed by atoms with Crippen molar-refractivity contribution >= 4 is 5.82 Å². The van der Waals surface area contributed by atoms with Crippen LogP contribution < -0.4 is 4.90 Å². The van der Waals surface area contributed by atoms with Gasteiger partial charge in [-0.15, -0.1) is 10.2 Å². The van der Waals surface area contributed by atoms with Gasteiger partial charge in [0.05, 0.1) is 5.69 Å². The Labute approximate surface area is 126 Å². The first-order valence-corrected chi connectivity index (χ1v) is 7.88. The van der Waals surface area contributed by atoms with Crippen LogP contribution in [0.25, 0.3) is 11.4 Å². The van der Waals surface area contributed by atoms with E-state index < -0.39 is 0 Å². The van der Waals surface area contributed by atoms with Gasteiger partial charge in [-0.3, -0.25) is 4.68 Å². The lowest BCUT2D eigenvalue weighted by molar-refractivity contribution is 0.537. The third-order valence-corrected chi connectivity index (χ3v) is 4.00. The Bertz CT molecular complexity index is 565. The van der Waals surface area contributed by atoms with Gasteiger partial charge in [0.1, 0.15) is 5.69 Å². The fraction of sp³-hybridized carbons (Fsp3) is 0.562. The van der Waals surface area contributed by atoms with Crippen LogP contribution >= 0.6 is 0 Å². The van der Waals surface area contributed by atoms with Crippen LogP contribution in [0.3, 0.4) is 0 Å². The molecule has 5 heteroatoms. The Morgan fingerprint density at radius 2 is 1.71 bits per heavy atom. The number of hydrogen-bond donors (Lipinski definition) is 0. The average molecular weight is 285 g/mol. The van der Waals surface area contributed by atoms with Gasteiger partial charge in [0.25, 0.3) is 0 Å². The molecule has 0 aromatic carbocycles. The Morgan fingerprint density at radius 1 is 0.952 bits per heavy atom. The van der Waals surface area contributed by atoms with E-state index in [0.717, 1.165) is 30.3 Å². The molecule has 2 aromatic rings. The predicted octanol–water partition coefficient (Wildman–Crippen LogP) is 3.30. The maximum absolute atomic E-state index is 4.44. The van der Waals surface area contributed by atoms with Gasteiger partial charge >= 0.3 is 0 Å². The Kier molecular flexibility index (Phi) is 4.18. The van der Waals surface area contributed by atoms with Crippen molar-refractivity contribution in [2.75, 3.05) is 18.0 Å². The first-order valence-electron chi connectivity index (χ1n) is 7.88. The summed E-state index contributed by atoms with van der Waals surface area (Å²) in [5, 5.41) is 13.2. The lowest BCUT2D eigenvalue weighted by Crippen LogP contribution is -2.25. The van der Waals surface area contributed by atoms with Crippen LogP contribution in [0.4, 0.5) is 5.82 Å². The van der Waals surface area contributed by atoms with Crippen LogP contribution in [0.1, 0.15) is 45.6 Å². The highest BCUT2D eigenvalue weighted by Crippen LogP contribution is 2.22. The van der Waals surface area contributed by atoms with E-state index in [1.807, 2.05) is 16.9 Å². The van der Waals surface area contributed by atoms with Gasteiger partial charge in [0, 0.05) is 25.3 Å². The van der Waals surface area contributed by atoms with Crippen LogP contribution in [0.5, 0.6) is 0 Å². The number of rotatable bonds is 3. The van der Waals surface area contributed by atoms with E-state index >= 15 is 0 Å². The first-order chi connectivity index (χ1) is 10.3. The summed E-state index contributed by atoms with van der Waals surface area (Å²) in [5.74, 6) is 0.997. The standard InChI is InChI=1S/C16H23N5/c1-13(2)21-15(9-10-17-21)14-7-8-16(19-18-14)20-11-5-3-4-6-12-20/h7-10,13H,3-6,11-12H2,1-2H3. The predicted molar refractivity (Wildman–Crippen MR) is 84.3 cm³/mol. The van der Waals surface area contributed by atoms with E-state index in [4.69, 9.17) is 0 Å². The zero-order valence-corrected chi connectivity index (χ0v) is 12.9. The van der Waals surface area contributed by atoms with Gasteiger partial charge in [0.15, 0.2) is 5.82 Å². The minimum absolute atomic E-state index is 0.321. The molecule has 0 N–H and O–H groups in total. The molecule has 3 rings (SSSR count). The fourth-order valence-electron chi connectivity index (χ4n) is 2.86. The third kappa shape index (κ3) is 3.06. The number of anilines is 1. The highest BCUT2D eigenvalue weighted by molar-refractivity contribution is 5.55. The summed E-state index contributed by atoms with van der Waals surface area (Å²) in [5.41, 5.74) is 1.92. The monoisotopic (exact) mass is 285 g/mol. The lowest BCUT2D eigenvalue weighted by Gasteiger charge is -2.20. The van der Waals surface area contributed by atoms with Gasteiger partial charge in [0.2, 0.25) is 0 Å². The Balaban J connectivity index is 1.81. The zero-order chi connectivity index (χ0) is 14.7. The van der Waals surface area contributed by atoms with Gasteiger partial charge < -0.3 is 4.90 Å². The molecule has 2 aromatic heterocycles. The molecule has 1 aliphatic rings. The van der Waals surface area contributed by atoms with Crippen molar-refractivity contribution in [1.29, 1.82) is 0 Å². The lowest BCUT2D eigenvalue weighted by atomic mass is 10.2. The normalized spacial score (nSPS) is 16.2. The molecule has 3 heterocycles. The summed E-state index contributed by atoms with van der Waals surface area (Å²) in [4.78, 5) is 2.35. The Morgan fingerprint density at radius 3 is 2.33 bits per heavy atom. The first kappa shape index (κ1) is 14.0. The van der Waals surface area contributed by atoms with Crippen molar-refractivity contribution in [2.24, 2.45) is 0 Å². The molecule has 112 valence electrons. The highest BCUT2D eigenvalue weighted by atomic mass is 15.3. The molecule has 0 saturated carbocycles. The van der Waals surface area contributed by atoms with Crippen LogP contribution in [0, 0.1) is 0 Å². The SMILES string of the molecule is CC(C)n1nccc1-c1ccc(N2CCCCCC2)nn1. The second-order valence-corrected chi connectivity index (χ2v) is 5.93. The summed E-state index contributed by atoms with van der Waals surface area (Å²) in [7, 11) is 0. The van der Waals surface area contributed by atoms with Gasteiger partial charge in [-0.1, -0.05) is 12.8 Å². The molecule has 0 amide bonds. The van der Waals surface area contributed by atoms with E-state index in [9.17, 15) is 0 Å². The van der Waals surface area contributed by atoms with Gasteiger partial charge in [-0.25, -0.2) is 0 Å².